The molecule has 0 saturated carbocycles. The zero-order chi connectivity index (χ0) is 22.2. The number of amides is 1. The number of thioether (sulfide) groups is 1. The van der Waals surface area contributed by atoms with Crippen molar-refractivity contribution in [3.63, 3.8) is 0 Å². The van der Waals surface area contributed by atoms with Gasteiger partial charge in [-0.25, -0.2) is 10.1 Å². The molecule has 162 valence electrons. The SMILES string of the molecule is COc1ccc(CNC(=O)CSc2nnc(N/N=C(\C)c3ccc(Br)cc3)n2N)cc1. The van der Waals surface area contributed by atoms with Crippen LogP contribution >= 0.6 is 27.7 Å². The number of aromatic nitrogens is 3. The van der Waals surface area contributed by atoms with Crippen LogP contribution in [-0.4, -0.2) is 39.4 Å². The first-order valence-corrected chi connectivity index (χ1v) is 11.0. The second kappa shape index (κ2) is 10.8. The van der Waals surface area contributed by atoms with Gasteiger partial charge < -0.3 is 15.9 Å². The van der Waals surface area contributed by atoms with Crippen molar-refractivity contribution in [1.82, 2.24) is 20.2 Å². The third-order valence-corrected chi connectivity index (χ3v) is 5.70. The Morgan fingerprint density at radius 3 is 2.58 bits per heavy atom. The maximum atomic E-state index is 12.1. The van der Waals surface area contributed by atoms with Crippen LogP contribution < -0.4 is 21.3 Å². The fraction of sp³-hybridized carbons (Fsp3) is 0.200. The maximum absolute atomic E-state index is 12.1. The minimum absolute atomic E-state index is 0.137. The molecule has 9 nitrogen and oxygen atoms in total. The highest BCUT2D eigenvalue weighted by atomic mass is 79.9. The number of nitrogen functional groups attached to an aromatic ring is 1. The van der Waals surface area contributed by atoms with E-state index in [9.17, 15) is 4.79 Å². The molecule has 11 heteroatoms. The lowest BCUT2D eigenvalue weighted by Crippen LogP contribution is -2.25. The average Bonchev–Trinajstić information content (AvgIpc) is 3.14. The van der Waals surface area contributed by atoms with Crippen molar-refractivity contribution >= 4 is 45.3 Å². The summed E-state index contributed by atoms with van der Waals surface area (Å²) in [6, 6.07) is 15.3. The summed E-state index contributed by atoms with van der Waals surface area (Å²) in [4.78, 5) is 12.1. The van der Waals surface area contributed by atoms with Gasteiger partial charge in [0.05, 0.1) is 18.6 Å². The van der Waals surface area contributed by atoms with Gasteiger partial charge in [-0.05, 0) is 42.3 Å². The second-order valence-electron chi connectivity index (χ2n) is 6.41. The highest BCUT2D eigenvalue weighted by molar-refractivity contribution is 9.10. The molecular weight excluding hydrogens is 482 g/mol. The molecule has 0 unspecified atom stereocenters. The van der Waals surface area contributed by atoms with Crippen LogP contribution in [0.25, 0.3) is 0 Å². The van der Waals surface area contributed by atoms with Gasteiger partial charge in [0, 0.05) is 11.0 Å². The number of nitrogens with one attached hydrogen (secondary N) is 2. The number of hydrogen-bond donors (Lipinski definition) is 3. The van der Waals surface area contributed by atoms with Gasteiger partial charge >= 0.3 is 0 Å². The lowest BCUT2D eigenvalue weighted by Gasteiger charge is -2.06. The van der Waals surface area contributed by atoms with Crippen molar-refractivity contribution in [2.24, 2.45) is 5.10 Å². The Hall–Kier alpha value is -3.05. The third kappa shape index (κ3) is 6.46. The average molecular weight is 504 g/mol. The monoisotopic (exact) mass is 503 g/mol. The van der Waals surface area contributed by atoms with E-state index in [-0.39, 0.29) is 17.6 Å². The van der Waals surface area contributed by atoms with E-state index in [1.165, 1.54) is 16.4 Å². The van der Waals surface area contributed by atoms with E-state index in [1.807, 2.05) is 55.5 Å². The van der Waals surface area contributed by atoms with E-state index in [1.54, 1.807) is 7.11 Å². The Morgan fingerprint density at radius 2 is 1.90 bits per heavy atom. The molecule has 0 spiro atoms. The fourth-order valence-electron chi connectivity index (χ4n) is 2.47. The van der Waals surface area contributed by atoms with E-state index in [0.717, 1.165) is 27.1 Å². The van der Waals surface area contributed by atoms with Gasteiger partial charge in [0.25, 0.3) is 5.95 Å². The summed E-state index contributed by atoms with van der Waals surface area (Å²) in [6.07, 6.45) is 0. The van der Waals surface area contributed by atoms with Crippen LogP contribution in [0.15, 0.2) is 63.3 Å². The molecule has 0 saturated heterocycles. The molecule has 1 aromatic heterocycles. The number of nitrogens with zero attached hydrogens (tertiary/aromatic N) is 4. The summed E-state index contributed by atoms with van der Waals surface area (Å²) in [5, 5.41) is 15.5. The van der Waals surface area contributed by atoms with Gasteiger partial charge in [-0.2, -0.15) is 5.10 Å². The van der Waals surface area contributed by atoms with Crippen LogP contribution in [0.1, 0.15) is 18.1 Å². The number of hydrazone groups is 1. The largest absolute Gasteiger partial charge is 0.497 e. The van der Waals surface area contributed by atoms with Gasteiger partial charge in [0.1, 0.15) is 5.75 Å². The van der Waals surface area contributed by atoms with Gasteiger partial charge in [0.15, 0.2) is 0 Å². The smallest absolute Gasteiger partial charge is 0.264 e. The predicted octanol–water partition coefficient (Wildman–Crippen LogP) is 3.01. The van der Waals surface area contributed by atoms with Gasteiger partial charge in [0.2, 0.25) is 11.1 Å². The summed E-state index contributed by atoms with van der Waals surface area (Å²) in [5.41, 5.74) is 5.51. The number of halogens is 1. The van der Waals surface area contributed by atoms with Crippen LogP contribution in [0.4, 0.5) is 5.95 Å². The highest BCUT2D eigenvalue weighted by Crippen LogP contribution is 2.17. The summed E-state index contributed by atoms with van der Waals surface area (Å²) in [5.74, 6) is 7.09. The van der Waals surface area contributed by atoms with Crippen molar-refractivity contribution in [2.75, 3.05) is 24.1 Å². The van der Waals surface area contributed by atoms with Gasteiger partial charge in [-0.3, -0.25) is 4.79 Å². The summed E-state index contributed by atoms with van der Waals surface area (Å²) in [7, 11) is 1.61. The van der Waals surface area contributed by atoms with Crippen molar-refractivity contribution < 1.29 is 9.53 Å². The number of methoxy groups -OCH3 is 1. The van der Waals surface area contributed by atoms with Crippen molar-refractivity contribution in [3.8, 4) is 5.75 Å². The molecule has 4 N–H and O–H groups in total. The lowest BCUT2D eigenvalue weighted by molar-refractivity contribution is -0.118. The zero-order valence-electron chi connectivity index (χ0n) is 17.0. The molecule has 3 aromatic rings. The molecule has 0 atom stereocenters. The Balaban J connectivity index is 1.49. The van der Waals surface area contributed by atoms with E-state index in [2.05, 4.69) is 42.0 Å². The number of benzene rings is 2. The third-order valence-electron chi connectivity index (χ3n) is 4.23. The molecule has 0 aliphatic heterocycles. The number of nitrogens with two attached hydrogens (primary N) is 1. The molecule has 2 aromatic carbocycles. The molecule has 1 amide bonds. The topological polar surface area (TPSA) is 119 Å². The summed E-state index contributed by atoms with van der Waals surface area (Å²) < 4.78 is 7.38. The maximum Gasteiger partial charge on any atom is 0.264 e. The van der Waals surface area contributed by atoms with Crippen LogP contribution in [-0.2, 0) is 11.3 Å². The molecule has 0 aliphatic carbocycles. The van der Waals surface area contributed by atoms with Crippen LogP contribution in [0.3, 0.4) is 0 Å². The summed E-state index contributed by atoms with van der Waals surface area (Å²) >= 11 is 4.59. The quantitative estimate of drug-likeness (QED) is 0.177. The van der Waals surface area contributed by atoms with E-state index in [4.69, 9.17) is 10.6 Å². The molecule has 0 radical (unpaired) electrons. The number of carbonyl (C=O) groups is 1. The first-order chi connectivity index (χ1) is 15.0. The number of carbonyl (C=O) groups excluding carboxylic acids is 1. The Morgan fingerprint density at radius 1 is 1.19 bits per heavy atom. The molecular formula is C20H22BrN7O2S. The van der Waals surface area contributed by atoms with E-state index < -0.39 is 0 Å². The molecule has 31 heavy (non-hydrogen) atoms. The standard InChI is InChI=1S/C20H22BrN7O2S/c1-13(15-5-7-16(21)8-6-15)24-25-19-26-27-20(28(19)22)31-12-18(29)23-11-14-3-9-17(30-2)10-4-14/h3-10H,11-12,22H2,1-2H3,(H,23,29)(H,25,26)/b24-13+. The molecule has 1 heterocycles. The molecule has 0 aliphatic rings. The minimum Gasteiger partial charge on any atom is -0.497 e. The highest BCUT2D eigenvalue weighted by Gasteiger charge is 2.12. The summed E-state index contributed by atoms with van der Waals surface area (Å²) in [6.45, 7) is 2.30. The Bertz CT molecular complexity index is 1050. The Labute approximate surface area is 192 Å². The molecule has 3 rings (SSSR count). The Kier molecular flexibility index (Phi) is 7.90. The first kappa shape index (κ1) is 22.6. The minimum atomic E-state index is -0.137. The van der Waals surface area contributed by atoms with Gasteiger partial charge in [-0.15, -0.1) is 10.2 Å². The van der Waals surface area contributed by atoms with Crippen LogP contribution in [0.2, 0.25) is 0 Å². The fourth-order valence-corrected chi connectivity index (χ4v) is 3.42. The predicted molar refractivity (Wildman–Crippen MR) is 126 cm³/mol. The second-order valence-corrected chi connectivity index (χ2v) is 8.26. The van der Waals surface area contributed by atoms with Crippen molar-refractivity contribution in [2.45, 2.75) is 18.6 Å². The normalized spacial score (nSPS) is 11.3. The number of hydrogen-bond acceptors (Lipinski definition) is 8. The van der Waals surface area contributed by atoms with Gasteiger partial charge in [-0.1, -0.05) is 52.0 Å². The number of rotatable bonds is 9. The number of anilines is 1. The molecule has 0 fully saturated rings. The number of ether oxygens (including phenoxy) is 1. The van der Waals surface area contributed by atoms with Crippen molar-refractivity contribution in [3.05, 3.63) is 64.1 Å². The first-order valence-electron chi connectivity index (χ1n) is 9.25. The zero-order valence-corrected chi connectivity index (χ0v) is 19.4. The van der Waals surface area contributed by atoms with E-state index >= 15 is 0 Å². The van der Waals surface area contributed by atoms with Crippen LogP contribution in [0, 0.1) is 0 Å². The molecule has 0 bridgehead atoms. The van der Waals surface area contributed by atoms with E-state index in [0.29, 0.717) is 11.7 Å². The van der Waals surface area contributed by atoms with Crippen molar-refractivity contribution in [1.29, 1.82) is 0 Å². The van der Waals surface area contributed by atoms with Crippen LogP contribution in [0.5, 0.6) is 5.75 Å². The lowest BCUT2D eigenvalue weighted by atomic mass is 10.1.